The fourth-order valence-electron chi connectivity index (χ4n) is 1.47. The van der Waals surface area contributed by atoms with Crippen molar-refractivity contribution in [3.8, 4) is 0 Å². The SMILES string of the molecule is O=C(O)c1cccc(CNc2n[nH]c(=O)[nH]c2=O)c1. The highest BCUT2D eigenvalue weighted by molar-refractivity contribution is 5.87. The van der Waals surface area contributed by atoms with Gasteiger partial charge in [0.05, 0.1) is 5.56 Å². The number of carboxylic acids is 1. The van der Waals surface area contributed by atoms with E-state index in [1.54, 1.807) is 12.1 Å². The van der Waals surface area contributed by atoms with Crippen molar-refractivity contribution in [1.29, 1.82) is 0 Å². The van der Waals surface area contributed by atoms with E-state index in [0.29, 0.717) is 5.56 Å². The monoisotopic (exact) mass is 262 g/mol. The number of aromatic nitrogens is 3. The molecule has 0 atom stereocenters. The second-order valence-electron chi connectivity index (χ2n) is 3.71. The van der Waals surface area contributed by atoms with E-state index in [0.717, 1.165) is 0 Å². The number of nitrogens with one attached hydrogen (secondary N) is 3. The summed E-state index contributed by atoms with van der Waals surface area (Å²) >= 11 is 0. The van der Waals surface area contributed by atoms with Gasteiger partial charge in [0.2, 0.25) is 5.82 Å². The van der Waals surface area contributed by atoms with E-state index in [1.165, 1.54) is 12.1 Å². The first kappa shape index (κ1) is 12.6. The fraction of sp³-hybridized carbons (Fsp3) is 0.0909. The molecule has 19 heavy (non-hydrogen) atoms. The zero-order valence-electron chi connectivity index (χ0n) is 9.64. The Morgan fingerprint density at radius 2 is 2.16 bits per heavy atom. The standard InChI is InChI=1S/C11H10N4O4/c16-9-8(14-15-11(19)13-9)12-5-6-2-1-3-7(4-6)10(17)18/h1-4H,5H2,(H,12,14)(H,17,18)(H2,13,15,16,19). The van der Waals surface area contributed by atoms with Crippen molar-refractivity contribution in [2.24, 2.45) is 0 Å². The summed E-state index contributed by atoms with van der Waals surface area (Å²) in [7, 11) is 0. The van der Waals surface area contributed by atoms with Crippen LogP contribution < -0.4 is 16.6 Å². The summed E-state index contributed by atoms with van der Waals surface area (Å²) in [6.07, 6.45) is 0. The topological polar surface area (TPSA) is 128 Å². The molecule has 0 aliphatic rings. The van der Waals surface area contributed by atoms with Crippen molar-refractivity contribution in [3.63, 3.8) is 0 Å². The summed E-state index contributed by atoms with van der Waals surface area (Å²) in [4.78, 5) is 34.9. The summed E-state index contributed by atoms with van der Waals surface area (Å²) in [6.45, 7) is 0.212. The highest BCUT2D eigenvalue weighted by Crippen LogP contribution is 2.06. The number of aromatic carboxylic acids is 1. The largest absolute Gasteiger partial charge is 0.478 e. The number of hydrogen-bond donors (Lipinski definition) is 4. The van der Waals surface area contributed by atoms with Crippen LogP contribution in [0.1, 0.15) is 15.9 Å². The average molecular weight is 262 g/mol. The number of aromatic amines is 2. The van der Waals surface area contributed by atoms with Crippen molar-refractivity contribution in [2.75, 3.05) is 5.32 Å². The molecular weight excluding hydrogens is 252 g/mol. The lowest BCUT2D eigenvalue weighted by Crippen LogP contribution is -2.26. The zero-order valence-corrected chi connectivity index (χ0v) is 9.64. The lowest BCUT2D eigenvalue weighted by molar-refractivity contribution is 0.0697. The van der Waals surface area contributed by atoms with Gasteiger partial charge in [-0.25, -0.2) is 14.7 Å². The predicted molar refractivity (Wildman–Crippen MR) is 66.2 cm³/mol. The number of hydrogen-bond acceptors (Lipinski definition) is 5. The molecule has 0 aliphatic heterocycles. The third kappa shape index (κ3) is 3.06. The maximum Gasteiger partial charge on any atom is 0.342 e. The van der Waals surface area contributed by atoms with Crippen molar-refractivity contribution < 1.29 is 9.90 Å². The molecule has 0 fully saturated rings. The molecule has 1 aromatic carbocycles. The summed E-state index contributed by atoms with van der Waals surface area (Å²) in [6, 6.07) is 6.26. The van der Waals surface area contributed by atoms with Crippen LogP contribution in [0.4, 0.5) is 5.82 Å². The first-order valence-corrected chi connectivity index (χ1v) is 5.31. The third-order valence-corrected chi connectivity index (χ3v) is 2.35. The Bertz CT molecular complexity index is 719. The van der Waals surface area contributed by atoms with Crippen LogP contribution in [-0.2, 0) is 6.54 Å². The molecule has 0 radical (unpaired) electrons. The quantitative estimate of drug-likeness (QED) is 0.602. The number of nitrogens with zero attached hydrogens (tertiary/aromatic N) is 1. The lowest BCUT2D eigenvalue weighted by atomic mass is 10.1. The molecule has 0 saturated carbocycles. The highest BCUT2D eigenvalue weighted by atomic mass is 16.4. The molecule has 2 aromatic rings. The van der Waals surface area contributed by atoms with Crippen LogP contribution in [0, 0.1) is 0 Å². The first-order chi connectivity index (χ1) is 9.06. The average Bonchev–Trinajstić information content (AvgIpc) is 2.38. The van der Waals surface area contributed by atoms with E-state index < -0.39 is 17.2 Å². The maximum atomic E-state index is 11.3. The smallest absolute Gasteiger partial charge is 0.342 e. The van der Waals surface area contributed by atoms with Gasteiger partial charge in [0.1, 0.15) is 0 Å². The van der Waals surface area contributed by atoms with Gasteiger partial charge in [-0.05, 0) is 17.7 Å². The van der Waals surface area contributed by atoms with Crippen molar-refractivity contribution in [2.45, 2.75) is 6.54 Å². The van der Waals surface area contributed by atoms with E-state index in [9.17, 15) is 14.4 Å². The number of H-pyrrole nitrogens is 2. The van der Waals surface area contributed by atoms with Gasteiger partial charge in [-0.15, -0.1) is 5.10 Å². The Labute approximate surface area is 106 Å². The summed E-state index contributed by atoms with van der Waals surface area (Å²) in [5.74, 6) is -1.07. The van der Waals surface area contributed by atoms with Gasteiger partial charge >= 0.3 is 11.7 Å². The molecule has 0 spiro atoms. The van der Waals surface area contributed by atoms with Gasteiger partial charge < -0.3 is 10.4 Å². The predicted octanol–water partition coefficient (Wildman–Crippen LogP) is -0.232. The molecule has 0 amide bonds. The molecule has 0 saturated heterocycles. The molecule has 1 aromatic heterocycles. The van der Waals surface area contributed by atoms with Crippen LogP contribution in [0.25, 0.3) is 0 Å². The molecule has 98 valence electrons. The Kier molecular flexibility index (Phi) is 3.42. The number of carboxylic acid groups (broad SMARTS) is 1. The van der Waals surface area contributed by atoms with Crippen molar-refractivity contribution in [3.05, 3.63) is 56.2 Å². The minimum absolute atomic E-state index is 0.0414. The van der Waals surface area contributed by atoms with E-state index >= 15 is 0 Å². The fourth-order valence-corrected chi connectivity index (χ4v) is 1.47. The molecule has 8 heteroatoms. The van der Waals surface area contributed by atoms with Gasteiger partial charge in [-0.2, -0.15) is 0 Å². The number of carbonyl (C=O) groups is 1. The molecule has 4 N–H and O–H groups in total. The first-order valence-electron chi connectivity index (χ1n) is 5.31. The molecule has 0 aliphatic carbocycles. The number of benzene rings is 1. The Hall–Kier alpha value is -2.90. The Balaban J connectivity index is 2.14. The van der Waals surface area contributed by atoms with Crippen molar-refractivity contribution >= 4 is 11.8 Å². The number of rotatable bonds is 4. The van der Waals surface area contributed by atoms with E-state index in [-0.39, 0.29) is 17.9 Å². The van der Waals surface area contributed by atoms with Crippen LogP contribution in [0.5, 0.6) is 0 Å². The summed E-state index contributed by atoms with van der Waals surface area (Å²) in [5, 5.41) is 17.2. The van der Waals surface area contributed by atoms with Crippen LogP contribution >= 0.6 is 0 Å². The molecule has 1 heterocycles. The van der Waals surface area contributed by atoms with Crippen molar-refractivity contribution in [1.82, 2.24) is 15.2 Å². The van der Waals surface area contributed by atoms with Crippen LogP contribution in [-0.4, -0.2) is 26.3 Å². The minimum atomic E-state index is -1.03. The van der Waals surface area contributed by atoms with E-state index in [1.807, 2.05) is 4.98 Å². The Morgan fingerprint density at radius 3 is 2.84 bits per heavy atom. The molecule has 0 unspecified atom stereocenters. The van der Waals surface area contributed by atoms with Gasteiger partial charge in [0.15, 0.2) is 0 Å². The normalized spacial score (nSPS) is 10.1. The van der Waals surface area contributed by atoms with Crippen LogP contribution in [0.3, 0.4) is 0 Å². The summed E-state index contributed by atoms with van der Waals surface area (Å²) < 4.78 is 0. The summed E-state index contributed by atoms with van der Waals surface area (Å²) in [5.41, 5.74) is -0.503. The van der Waals surface area contributed by atoms with Gasteiger partial charge in [-0.3, -0.25) is 9.78 Å². The second-order valence-corrected chi connectivity index (χ2v) is 3.71. The Morgan fingerprint density at radius 1 is 1.37 bits per heavy atom. The van der Waals surface area contributed by atoms with E-state index in [4.69, 9.17) is 5.11 Å². The van der Waals surface area contributed by atoms with Gasteiger partial charge in [-0.1, -0.05) is 12.1 Å². The zero-order chi connectivity index (χ0) is 13.8. The van der Waals surface area contributed by atoms with E-state index in [2.05, 4.69) is 15.5 Å². The maximum absolute atomic E-state index is 11.3. The number of anilines is 1. The molecule has 2 rings (SSSR count). The molecule has 8 nitrogen and oxygen atoms in total. The van der Waals surface area contributed by atoms with Gasteiger partial charge in [0.25, 0.3) is 5.56 Å². The van der Waals surface area contributed by atoms with Gasteiger partial charge in [0, 0.05) is 6.54 Å². The molecule has 0 bridgehead atoms. The third-order valence-electron chi connectivity index (χ3n) is 2.35. The van der Waals surface area contributed by atoms with Crippen LogP contribution in [0.15, 0.2) is 33.9 Å². The second kappa shape index (κ2) is 5.17. The molecular formula is C11H10N4O4. The minimum Gasteiger partial charge on any atom is -0.478 e. The van der Waals surface area contributed by atoms with Crippen LogP contribution in [0.2, 0.25) is 0 Å². The highest BCUT2D eigenvalue weighted by Gasteiger charge is 2.05. The lowest BCUT2D eigenvalue weighted by Gasteiger charge is -2.04.